The summed E-state index contributed by atoms with van der Waals surface area (Å²) in [6, 6.07) is 0. The first-order valence-corrected chi connectivity index (χ1v) is 9.09. The second-order valence-electron chi connectivity index (χ2n) is 5.47. The maximum absolute atomic E-state index is 9.37. The van der Waals surface area contributed by atoms with Crippen LogP contribution in [0.5, 0.6) is 0 Å². The third-order valence-electron chi connectivity index (χ3n) is 3.16. The quantitative estimate of drug-likeness (QED) is 0.444. The maximum atomic E-state index is 9.37. The van der Waals surface area contributed by atoms with E-state index in [2.05, 4.69) is 6.92 Å². The van der Waals surface area contributed by atoms with Crippen LogP contribution in [-0.4, -0.2) is 28.7 Å². The predicted octanol–water partition coefficient (Wildman–Crippen LogP) is 4.83. The van der Waals surface area contributed by atoms with Gasteiger partial charge in [-0.1, -0.05) is 78.6 Å². The zero-order chi connectivity index (χ0) is 18.3. The van der Waals surface area contributed by atoms with Crippen molar-refractivity contribution in [3.05, 3.63) is 0 Å². The van der Waals surface area contributed by atoms with E-state index in [-0.39, 0.29) is 12.8 Å². The summed E-state index contributed by atoms with van der Waals surface area (Å²) in [5, 5.41) is 15.4. The molecule has 4 N–H and O–H groups in total. The van der Waals surface area contributed by atoms with Gasteiger partial charge in [0.25, 0.3) is 0 Å². The Morgan fingerprint density at radius 3 is 1.13 bits per heavy atom. The Kier molecular flexibility index (Phi) is 30.1. The minimum absolute atomic E-state index is 0.222. The van der Waals surface area contributed by atoms with E-state index in [9.17, 15) is 9.59 Å². The number of carboxylic acids is 2. The standard InChI is InChI=1S/C12H27N.2C3H6O2/c1-2-3-4-5-6-7-8-9-10-11-12-13;2*1-2-3(4)5/h2-13H2,1H3;2*2H2,1H3,(H,4,5). The van der Waals surface area contributed by atoms with Crippen LogP contribution >= 0.6 is 0 Å². The number of aliphatic carboxylic acids is 2. The first-order valence-electron chi connectivity index (χ1n) is 9.09. The Morgan fingerprint density at radius 1 is 0.652 bits per heavy atom. The normalized spacial score (nSPS) is 9.22. The highest BCUT2D eigenvalue weighted by Crippen LogP contribution is 2.09. The maximum Gasteiger partial charge on any atom is 0.303 e. The third kappa shape index (κ3) is 44.9. The molecule has 23 heavy (non-hydrogen) atoms. The van der Waals surface area contributed by atoms with E-state index in [1.54, 1.807) is 13.8 Å². The van der Waals surface area contributed by atoms with Crippen LogP contribution in [0.1, 0.15) is 97.8 Å². The molecule has 0 amide bonds. The van der Waals surface area contributed by atoms with E-state index in [1.165, 1.54) is 64.2 Å². The number of carboxylic acid groups (broad SMARTS) is 2. The Morgan fingerprint density at radius 2 is 0.913 bits per heavy atom. The SMILES string of the molecule is CCC(=O)O.CCC(=O)O.CCCCCCCCCCCCN. The molecule has 0 saturated carbocycles. The Balaban J connectivity index is -0.000000329. The molecular weight excluding hydrogens is 294 g/mol. The average Bonchev–Trinajstić information content (AvgIpc) is 2.54. The van der Waals surface area contributed by atoms with Gasteiger partial charge in [0.1, 0.15) is 0 Å². The second kappa shape index (κ2) is 25.8. The predicted molar refractivity (Wildman–Crippen MR) is 96.8 cm³/mol. The van der Waals surface area contributed by atoms with Crippen molar-refractivity contribution >= 4 is 11.9 Å². The summed E-state index contributed by atoms with van der Waals surface area (Å²) in [4.78, 5) is 18.7. The summed E-state index contributed by atoms with van der Waals surface area (Å²) in [7, 11) is 0. The lowest BCUT2D eigenvalue weighted by atomic mass is 10.1. The van der Waals surface area contributed by atoms with E-state index < -0.39 is 11.9 Å². The number of rotatable bonds is 12. The molecule has 5 nitrogen and oxygen atoms in total. The molecule has 0 atom stereocenters. The van der Waals surface area contributed by atoms with Crippen LogP contribution in [0.3, 0.4) is 0 Å². The molecule has 0 saturated heterocycles. The Bertz CT molecular complexity index is 221. The van der Waals surface area contributed by atoms with E-state index in [1.807, 2.05) is 0 Å². The fraction of sp³-hybridized carbons (Fsp3) is 0.889. The fourth-order valence-corrected chi connectivity index (χ4v) is 1.63. The van der Waals surface area contributed by atoms with E-state index in [4.69, 9.17) is 15.9 Å². The van der Waals surface area contributed by atoms with Crippen LogP contribution in [0.25, 0.3) is 0 Å². The molecule has 0 aromatic carbocycles. The molecule has 140 valence electrons. The van der Waals surface area contributed by atoms with Gasteiger partial charge in [0, 0.05) is 12.8 Å². The van der Waals surface area contributed by atoms with Gasteiger partial charge >= 0.3 is 11.9 Å². The highest BCUT2D eigenvalue weighted by atomic mass is 16.4. The zero-order valence-electron chi connectivity index (χ0n) is 15.5. The third-order valence-corrected chi connectivity index (χ3v) is 3.16. The van der Waals surface area contributed by atoms with Crippen molar-refractivity contribution in [2.24, 2.45) is 5.73 Å². The lowest BCUT2D eigenvalue weighted by molar-refractivity contribution is -0.137. The summed E-state index contributed by atoms with van der Waals surface area (Å²) in [6.07, 6.45) is 14.4. The Hall–Kier alpha value is -1.10. The smallest absolute Gasteiger partial charge is 0.303 e. The molecule has 0 unspecified atom stereocenters. The van der Waals surface area contributed by atoms with Gasteiger partial charge < -0.3 is 15.9 Å². The second-order valence-corrected chi connectivity index (χ2v) is 5.47. The topological polar surface area (TPSA) is 101 Å². The average molecular weight is 334 g/mol. The number of hydrogen-bond donors (Lipinski definition) is 3. The van der Waals surface area contributed by atoms with Crippen LogP contribution < -0.4 is 5.73 Å². The summed E-state index contributed by atoms with van der Waals surface area (Å²) in [6.45, 7) is 6.34. The summed E-state index contributed by atoms with van der Waals surface area (Å²) < 4.78 is 0. The van der Waals surface area contributed by atoms with Crippen LogP contribution in [-0.2, 0) is 9.59 Å². The highest BCUT2D eigenvalue weighted by Gasteiger charge is 1.91. The van der Waals surface area contributed by atoms with Crippen molar-refractivity contribution < 1.29 is 19.8 Å². The van der Waals surface area contributed by atoms with Gasteiger partial charge in [0.15, 0.2) is 0 Å². The molecule has 0 radical (unpaired) electrons. The molecule has 0 spiro atoms. The lowest BCUT2D eigenvalue weighted by Gasteiger charge is -2.00. The molecule has 0 fully saturated rings. The first kappa shape index (κ1) is 26.8. The Labute approximate surface area is 142 Å². The molecular formula is C18H39NO4. The zero-order valence-corrected chi connectivity index (χ0v) is 15.5. The van der Waals surface area contributed by atoms with Gasteiger partial charge in [0.05, 0.1) is 0 Å². The summed E-state index contributed by atoms with van der Waals surface area (Å²) in [5.74, 6) is -1.49. The van der Waals surface area contributed by atoms with Gasteiger partial charge in [-0.15, -0.1) is 0 Å². The van der Waals surface area contributed by atoms with Crippen LogP contribution in [0.15, 0.2) is 0 Å². The first-order chi connectivity index (χ1) is 11.0. The molecule has 0 aromatic rings. The number of nitrogens with two attached hydrogens (primary N) is 1. The molecule has 0 bridgehead atoms. The molecule has 0 aliphatic carbocycles. The molecule has 0 aromatic heterocycles. The van der Waals surface area contributed by atoms with Crippen molar-refractivity contribution in [3.8, 4) is 0 Å². The highest BCUT2D eigenvalue weighted by molar-refractivity contribution is 5.66. The number of hydrogen-bond acceptors (Lipinski definition) is 3. The van der Waals surface area contributed by atoms with Gasteiger partial charge in [-0.05, 0) is 13.0 Å². The van der Waals surface area contributed by atoms with Gasteiger partial charge in [-0.25, -0.2) is 0 Å². The number of carbonyl (C=O) groups is 2. The van der Waals surface area contributed by atoms with Gasteiger partial charge in [-0.2, -0.15) is 0 Å². The molecule has 0 heterocycles. The van der Waals surface area contributed by atoms with Gasteiger partial charge in [0.2, 0.25) is 0 Å². The number of unbranched alkanes of at least 4 members (excludes halogenated alkanes) is 9. The van der Waals surface area contributed by atoms with Crippen LogP contribution in [0.2, 0.25) is 0 Å². The van der Waals surface area contributed by atoms with Crippen molar-refractivity contribution in [2.45, 2.75) is 97.8 Å². The van der Waals surface area contributed by atoms with Crippen molar-refractivity contribution in [1.82, 2.24) is 0 Å². The van der Waals surface area contributed by atoms with Crippen molar-refractivity contribution in [3.63, 3.8) is 0 Å². The van der Waals surface area contributed by atoms with Gasteiger partial charge in [-0.3, -0.25) is 9.59 Å². The minimum Gasteiger partial charge on any atom is -0.481 e. The molecule has 0 rings (SSSR count). The monoisotopic (exact) mass is 333 g/mol. The van der Waals surface area contributed by atoms with E-state index >= 15 is 0 Å². The van der Waals surface area contributed by atoms with Crippen LogP contribution in [0.4, 0.5) is 0 Å². The summed E-state index contributed by atoms with van der Waals surface area (Å²) >= 11 is 0. The largest absolute Gasteiger partial charge is 0.481 e. The molecule has 5 heteroatoms. The molecule has 0 aliphatic rings. The van der Waals surface area contributed by atoms with Crippen LogP contribution in [0, 0.1) is 0 Å². The summed E-state index contributed by atoms with van der Waals surface area (Å²) in [5.41, 5.74) is 5.42. The van der Waals surface area contributed by atoms with Crippen molar-refractivity contribution in [1.29, 1.82) is 0 Å². The van der Waals surface area contributed by atoms with E-state index in [0.29, 0.717) is 0 Å². The van der Waals surface area contributed by atoms with Crippen molar-refractivity contribution in [2.75, 3.05) is 6.54 Å². The lowest BCUT2D eigenvalue weighted by Crippen LogP contribution is -1.97. The van der Waals surface area contributed by atoms with E-state index in [0.717, 1.165) is 6.54 Å². The molecule has 0 aliphatic heterocycles. The fourth-order valence-electron chi connectivity index (χ4n) is 1.63. The minimum atomic E-state index is -0.745.